The number of diazo groups is 1. The largest absolute Gasteiger partial charge is 0.463 e. The van der Waals surface area contributed by atoms with E-state index in [0.717, 1.165) is 0 Å². The van der Waals surface area contributed by atoms with Gasteiger partial charge in [-0.3, -0.25) is 0 Å². The van der Waals surface area contributed by atoms with Crippen LogP contribution in [0.15, 0.2) is 28.7 Å². The van der Waals surface area contributed by atoms with Crippen LogP contribution in [0.4, 0.5) is 0 Å². The number of ether oxygens (including phenoxy) is 1. The van der Waals surface area contributed by atoms with Crippen LogP contribution in [0, 0.1) is 5.39 Å². The van der Waals surface area contributed by atoms with Gasteiger partial charge < -0.3 is 4.74 Å². The molecule has 0 spiro atoms. The van der Waals surface area contributed by atoms with E-state index < -0.39 is 12.0 Å². The highest BCUT2D eigenvalue weighted by Gasteiger charge is 2.35. The van der Waals surface area contributed by atoms with Crippen LogP contribution in [0.3, 0.4) is 0 Å². The average Bonchev–Trinajstić information content (AvgIpc) is 2.21. The topological polar surface area (TPSA) is 54.5 Å². The van der Waals surface area contributed by atoms with Gasteiger partial charge in [0.25, 0.3) is 0 Å². The summed E-state index contributed by atoms with van der Waals surface area (Å²) in [6.07, 6.45) is 0. The molecule has 1 aromatic rings. The lowest BCUT2D eigenvalue weighted by molar-refractivity contribution is -0.141. The normalized spacial score (nSPS) is 11.5. The molecule has 5 heteroatoms. The summed E-state index contributed by atoms with van der Waals surface area (Å²) in [5.41, 5.74) is 0.571. The van der Waals surface area contributed by atoms with Crippen LogP contribution in [0.25, 0.3) is 4.98 Å². The van der Waals surface area contributed by atoms with Gasteiger partial charge in [-0.15, -0.1) is 0 Å². The highest BCUT2D eigenvalue weighted by atomic mass is 79.9. The van der Waals surface area contributed by atoms with Gasteiger partial charge in [0.1, 0.15) is 4.98 Å². The van der Waals surface area contributed by atoms with Crippen LogP contribution in [-0.2, 0) is 9.53 Å². The van der Waals surface area contributed by atoms with Gasteiger partial charge in [-0.1, -0.05) is 28.1 Å². The van der Waals surface area contributed by atoms with E-state index in [2.05, 4.69) is 25.6 Å². The summed E-state index contributed by atoms with van der Waals surface area (Å²) in [6, 6.07) is 6.01. The van der Waals surface area contributed by atoms with Crippen LogP contribution in [0.1, 0.15) is 11.6 Å². The fourth-order valence-electron chi connectivity index (χ4n) is 1.04. The molecule has 0 aromatic heterocycles. The van der Waals surface area contributed by atoms with Crippen molar-refractivity contribution in [2.24, 2.45) is 0 Å². The number of carbonyl (C=O) groups excluding carboxylic acids is 1. The number of benzene rings is 1. The predicted octanol–water partition coefficient (Wildman–Crippen LogP) is 2.52. The number of methoxy groups -OCH3 is 1. The first-order valence-corrected chi connectivity index (χ1v) is 4.66. The predicted molar refractivity (Wildman–Crippen MR) is 54.0 cm³/mol. The maximum Gasteiger partial charge on any atom is 0.434 e. The van der Waals surface area contributed by atoms with Crippen molar-refractivity contribution in [3.8, 4) is 0 Å². The molecule has 0 fully saturated rings. The molecule has 0 bridgehead atoms. The van der Waals surface area contributed by atoms with Crippen molar-refractivity contribution >= 4 is 21.9 Å². The molecular formula is C9H8BrN2O2+. The van der Waals surface area contributed by atoms with E-state index in [-0.39, 0.29) is 0 Å². The zero-order valence-corrected chi connectivity index (χ0v) is 9.06. The van der Waals surface area contributed by atoms with E-state index in [4.69, 9.17) is 5.39 Å². The minimum Gasteiger partial charge on any atom is -0.463 e. The quantitative estimate of drug-likeness (QED) is 0.603. The Labute approximate surface area is 89.6 Å². The Morgan fingerprint density at radius 2 is 2.21 bits per heavy atom. The number of hydrogen-bond donors (Lipinski definition) is 0. The molecule has 1 aromatic carbocycles. The Morgan fingerprint density at radius 1 is 1.57 bits per heavy atom. The highest BCUT2D eigenvalue weighted by molar-refractivity contribution is 9.10. The van der Waals surface area contributed by atoms with Gasteiger partial charge in [0.05, 0.1) is 12.7 Å². The first-order valence-electron chi connectivity index (χ1n) is 3.87. The van der Waals surface area contributed by atoms with Crippen LogP contribution in [0.2, 0.25) is 0 Å². The van der Waals surface area contributed by atoms with E-state index in [1.165, 1.54) is 7.11 Å². The van der Waals surface area contributed by atoms with Gasteiger partial charge in [0, 0.05) is 4.47 Å². The lowest BCUT2D eigenvalue weighted by atomic mass is 10.1. The fourth-order valence-corrected chi connectivity index (χ4v) is 1.55. The van der Waals surface area contributed by atoms with Gasteiger partial charge in [0.15, 0.2) is 0 Å². The van der Waals surface area contributed by atoms with Crippen molar-refractivity contribution in [2.45, 2.75) is 6.04 Å². The molecule has 1 unspecified atom stereocenters. The van der Waals surface area contributed by atoms with Crippen molar-refractivity contribution < 1.29 is 9.53 Å². The van der Waals surface area contributed by atoms with Crippen molar-refractivity contribution in [3.63, 3.8) is 0 Å². The number of hydrogen-bond acceptors (Lipinski definition) is 3. The minimum atomic E-state index is -0.990. The summed E-state index contributed by atoms with van der Waals surface area (Å²) >= 11 is 3.26. The summed E-state index contributed by atoms with van der Waals surface area (Å²) in [4.78, 5) is 14.2. The maximum atomic E-state index is 11.2. The second kappa shape index (κ2) is 4.72. The molecular weight excluding hydrogens is 248 g/mol. The second-order valence-electron chi connectivity index (χ2n) is 2.56. The van der Waals surface area contributed by atoms with E-state index in [9.17, 15) is 4.79 Å². The number of halogens is 1. The van der Waals surface area contributed by atoms with Gasteiger partial charge >= 0.3 is 12.0 Å². The molecule has 0 radical (unpaired) electrons. The molecule has 0 aliphatic heterocycles. The van der Waals surface area contributed by atoms with Gasteiger partial charge in [-0.25, -0.2) is 4.79 Å². The molecule has 0 heterocycles. The molecule has 0 N–H and O–H groups in total. The number of carbonyl (C=O) groups is 1. The molecule has 0 aliphatic carbocycles. The van der Waals surface area contributed by atoms with E-state index in [0.29, 0.717) is 10.0 Å². The summed E-state index contributed by atoms with van der Waals surface area (Å²) in [5.74, 6) is -0.598. The van der Waals surface area contributed by atoms with Crippen molar-refractivity contribution in [1.82, 2.24) is 0 Å². The monoisotopic (exact) mass is 255 g/mol. The fraction of sp³-hybridized carbons (Fsp3) is 0.222. The highest BCUT2D eigenvalue weighted by Crippen LogP contribution is 2.26. The summed E-state index contributed by atoms with van der Waals surface area (Å²) in [6.45, 7) is 0. The zero-order chi connectivity index (χ0) is 10.6. The number of esters is 1. The molecule has 4 nitrogen and oxygen atoms in total. The first kappa shape index (κ1) is 10.7. The molecule has 0 amide bonds. The number of nitrogens with zero attached hydrogens (tertiary/aromatic N) is 2. The zero-order valence-electron chi connectivity index (χ0n) is 7.48. The van der Waals surface area contributed by atoms with Crippen LogP contribution in [-0.4, -0.2) is 13.1 Å². The van der Waals surface area contributed by atoms with Gasteiger partial charge in [-0.05, 0) is 12.1 Å². The summed E-state index contributed by atoms with van der Waals surface area (Å²) < 4.78 is 5.20. The average molecular weight is 256 g/mol. The maximum absolute atomic E-state index is 11.2. The van der Waals surface area contributed by atoms with Gasteiger partial charge in [-0.2, -0.15) is 0 Å². The van der Waals surface area contributed by atoms with Crippen LogP contribution < -0.4 is 0 Å². The molecule has 72 valence electrons. The Bertz CT molecular complexity index is 387. The van der Waals surface area contributed by atoms with E-state index in [1.54, 1.807) is 24.3 Å². The summed E-state index contributed by atoms with van der Waals surface area (Å²) in [7, 11) is 1.25. The van der Waals surface area contributed by atoms with Crippen molar-refractivity contribution in [2.75, 3.05) is 7.11 Å². The summed E-state index contributed by atoms with van der Waals surface area (Å²) in [5, 5.41) is 8.71. The number of rotatable bonds is 2. The third kappa shape index (κ3) is 2.09. The van der Waals surface area contributed by atoms with Crippen LogP contribution >= 0.6 is 15.9 Å². The Morgan fingerprint density at radius 3 is 2.71 bits per heavy atom. The third-order valence-electron chi connectivity index (χ3n) is 1.74. The minimum absolute atomic E-state index is 0.571. The van der Waals surface area contributed by atoms with Crippen LogP contribution in [0.5, 0.6) is 0 Å². The SMILES string of the molecule is COC(=O)C([N+]#N)c1ccccc1Br. The molecule has 0 aliphatic rings. The van der Waals surface area contributed by atoms with E-state index >= 15 is 0 Å². The Hall–Kier alpha value is -1.41. The second-order valence-corrected chi connectivity index (χ2v) is 3.42. The molecule has 0 saturated carbocycles. The molecule has 1 atom stereocenters. The molecule has 1 rings (SSSR count). The standard InChI is InChI=1S/C9H8BrN2O2/c1-14-9(13)8(12-11)6-4-2-3-5-7(6)10/h2-5,8H,1H3/q+1. The lowest BCUT2D eigenvalue weighted by Gasteiger charge is -2.00. The molecule has 14 heavy (non-hydrogen) atoms. The lowest BCUT2D eigenvalue weighted by Crippen LogP contribution is -2.11. The smallest absolute Gasteiger partial charge is 0.434 e. The van der Waals surface area contributed by atoms with Crippen molar-refractivity contribution in [1.29, 1.82) is 5.39 Å². The Kier molecular flexibility index (Phi) is 3.60. The Balaban J connectivity index is 3.09. The van der Waals surface area contributed by atoms with E-state index in [1.807, 2.05) is 0 Å². The van der Waals surface area contributed by atoms with Gasteiger partial charge in [0.2, 0.25) is 5.39 Å². The first-order chi connectivity index (χ1) is 6.70. The molecule has 0 saturated heterocycles. The third-order valence-corrected chi connectivity index (χ3v) is 2.46. The van der Waals surface area contributed by atoms with Crippen molar-refractivity contribution in [3.05, 3.63) is 39.3 Å².